The highest BCUT2D eigenvalue weighted by Crippen LogP contribution is 2.28. The van der Waals surface area contributed by atoms with E-state index in [9.17, 15) is 10.1 Å². The Morgan fingerprint density at radius 2 is 2.19 bits per heavy atom. The molecule has 2 aromatic rings. The van der Waals surface area contributed by atoms with Gasteiger partial charge in [-0.25, -0.2) is 0 Å². The number of nitriles is 1. The summed E-state index contributed by atoms with van der Waals surface area (Å²) < 4.78 is 0. The third-order valence-electron chi connectivity index (χ3n) is 5.88. The average Bonchev–Trinajstić information content (AvgIpc) is 3.36. The summed E-state index contributed by atoms with van der Waals surface area (Å²) in [6.07, 6.45) is 4.59. The van der Waals surface area contributed by atoms with E-state index in [1.54, 1.807) is 4.90 Å². The fourth-order valence-corrected chi connectivity index (χ4v) is 4.34. The fraction of sp³-hybridized carbons (Fsp3) is 0.476. The van der Waals surface area contributed by atoms with Gasteiger partial charge in [0.05, 0.1) is 18.1 Å². The molecule has 6 nitrogen and oxygen atoms in total. The summed E-state index contributed by atoms with van der Waals surface area (Å²) in [6, 6.07) is 12.7. The van der Waals surface area contributed by atoms with Gasteiger partial charge in [-0.1, -0.05) is 6.07 Å². The van der Waals surface area contributed by atoms with Crippen LogP contribution in [0.15, 0.2) is 36.5 Å². The van der Waals surface area contributed by atoms with Crippen molar-refractivity contribution in [3.63, 3.8) is 0 Å². The molecule has 3 heterocycles. The van der Waals surface area contributed by atoms with Crippen LogP contribution in [0.1, 0.15) is 19.3 Å². The Hall–Kier alpha value is -2.65. The van der Waals surface area contributed by atoms with Crippen LogP contribution in [0.5, 0.6) is 0 Å². The van der Waals surface area contributed by atoms with Crippen molar-refractivity contribution in [3.05, 3.63) is 36.5 Å². The maximum atomic E-state index is 12.6. The lowest BCUT2D eigenvalue weighted by Gasteiger charge is -2.28. The quantitative estimate of drug-likeness (QED) is 0.834. The smallest absolute Gasteiger partial charge is 0.237 e. The first-order chi connectivity index (χ1) is 13.2. The molecular formula is C21H25N5O. The Morgan fingerprint density at radius 3 is 3.04 bits per heavy atom. The summed E-state index contributed by atoms with van der Waals surface area (Å²) in [5.41, 5.74) is 2.19. The number of amides is 1. The first-order valence-corrected chi connectivity index (χ1v) is 9.65. The van der Waals surface area contributed by atoms with E-state index in [4.69, 9.17) is 0 Å². The number of hydrogen-bond donors (Lipinski definition) is 0. The molecule has 27 heavy (non-hydrogen) atoms. The molecule has 0 radical (unpaired) electrons. The molecule has 2 saturated heterocycles. The highest BCUT2D eigenvalue weighted by Gasteiger charge is 2.32. The van der Waals surface area contributed by atoms with Gasteiger partial charge in [0.15, 0.2) is 0 Å². The number of likely N-dealkylation sites (tertiary alicyclic amines) is 2. The standard InChI is InChI=1S/C21H25N5O/c1-24(20-8-2-7-19-18(20)6-3-10-23-19)17-9-12-25(14-17)15-21(27)26-11-4-5-16(26)13-22/h2-3,6-8,10,16-17H,4-5,9,11-12,14-15H2,1H3/t16?,17-/m0/s1. The van der Waals surface area contributed by atoms with Crippen LogP contribution in [0.3, 0.4) is 0 Å². The van der Waals surface area contributed by atoms with Crippen molar-refractivity contribution in [2.45, 2.75) is 31.3 Å². The minimum atomic E-state index is -0.234. The molecule has 1 amide bonds. The zero-order valence-corrected chi connectivity index (χ0v) is 15.7. The van der Waals surface area contributed by atoms with Crippen molar-refractivity contribution in [1.82, 2.24) is 14.8 Å². The number of anilines is 1. The molecule has 0 spiro atoms. The molecule has 2 fully saturated rings. The molecule has 4 rings (SSSR count). The predicted molar refractivity (Wildman–Crippen MR) is 105 cm³/mol. The second kappa shape index (κ2) is 7.53. The number of benzene rings is 1. The van der Waals surface area contributed by atoms with Gasteiger partial charge in [0, 0.05) is 50.0 Å². The average molecular weight is 363 g/mol. The first-order valence-electron chi connectivity index (χ1n) is 9.65. The number of rotatable bonds is 4. The van der Waals surface area contributed by atoms with Gasteiger partial charge in [-0.15, -0.1) is 0 Å². The van der Waals surface area contributed by atoms with Gasteiger partial charge >= 0.3 is 0 Å². The van der Waals surface area contributed by atoms with Crippen molar-refractivity contribution in [3.8, 4) is 6.07 Å². The van der Waals surface area contributed by atoms with Crippen LogP contribution in [0.25, 0.3) is 10.9 Å². The van der Waals surface area contributed by atoms with E-state index in [-0.39, 0.29) is 11.9 Å². The van der Waals surface area contributed by atoms with Gasteiger partial charge in [0.25, 0.3) is 0 Å². The topological polar surface area (TPSA) is 63.5 Å². The molecule has 2 aliphatic rings. The minimum absolute atomic E-state index is 0.0942. The third kappa shape index (κ3) is 3.47. The molecule has 6 heteroatoms. The van der Waals surface area contributed by atoms with E-state index < -0.39 is 0 Å². The number of hydrogen-bond acceptors (Lipinski definition) is 5. The fourth-order valence-electron chi connectivity index (χ4n) is 4.34. The van der Waals surface area contributed by atoms with E-state index in [2.05, 4.69) is 40.0 Å². The van der Waals surface area contributed by atoms with E-state index in [1.807, 2.05) is 24.4 Å². The first kappa shape index (κ1) is 17.7. The molecule has 2 aliphatic heterocycles. The summed E-state index contributed by atoms with van der Waals surface area (Å²) in [5, 5.41) is 10.4. The van der Waals surface area contributed by atoms with E-state index >= 15 is 0 Å². The number of aromatic nitrogens is 1. The SMILES string of the molecule is CN(c1cccc2ncccc12)[C@H]1CCN(CC(=O)N2CCCC2C#N)C1. The normalized spacial score (nSPS) is 22.9. The summed E-state index contributed by atoms with van der Waals surface area (Å²) in [4.78, 5) is 23.4. The van der Waals surface area contributed by atoms with Crippen molar-refractivity contribution < 1.29 is 4.79 Å². The van der Waals surface area contributed by atoms with Gasteiger partial charge in [0.2, 0.25) is 5.91 Å². The Morgan fingerprint density at radius 1 is 1.30 bits per heavy atom. The molecular weight excluding hydrogens is 338 g/mol. The van der Waals surface area contributed by atoms with Crippen LogP contribution >= 0.6 is 0 Å². The summed E-state index contributed by atoms with van der Waals surface area (Å²) in [6.45, 7) is 2.91. The second-order valence-corrected chi connectivity index (χ2v) is 7.51. The lowest BCUT2D eigenvalue weighted by Crippen LogP contribution is -2.42. The predicted octanol–water partition coefficient (Wildman–Crippen LogP) is 2.26. The highest BCUT2D eigenvalue weighted by atomic mass is 16.2. The Kier molecular flexibility index (Phi) is 4.95. The molecule has 2 atom stereocenters. The summed E-state index contributed by atoms with van der Waals surface area (Å²) in [5.74, 6) is 0.0942. The zero-order valence-electron chi connectivity index (χ0n) is 15.7. The highest BCUT2D eigenvalue weighted by molar-refractivity contribution is 5.91. The molecule has 0 aliphatic carbocycles. The van der Waals surface area contributed by atoms with Gasteiger partial charge in [-0.2, -0.15) is 5.26 Å². The Labute approximate surface area is 160 Å². The third-order valence-corrected chi connectivity index (χ3v) is 5.88. The van der Waals surface area contributed by atoms with Gasteiger partial charge in [0.1, 0.15) is 6.04 Å². The van der Waals surface area contributed by atoms with Crippen molar-refractivity contribution >= 4 is 22.5 Å². The van der Waals surface area contributed by atoms with Crippen molar-refractivity contribution in [2.24, 2.45) is 0 Å². The molecule has 0 N–H and O–H groups in total. The maximum Gasteiger partial charge on any atom is 0.237 e. The van der Waals surface area contributed by atoms with E-state index in [0.717, 1.165) is 49.8 Å². The monoisotopic (exact) mass is 363 g/mol. The lowest BCUT2D eigenvalue weighted by atomic mass is 10.1. The van der Waals surface area contributed by atoms with Crippen LogP contribution in [-0.2, 0) is 4.79 Å². The number of carbonyl (C=O) groups excluding carboxylic acids is 1. The molecule has 0 saturated carbocycles. The zero-order chi connectivity index (χ0) is 18.8. The lowest BCUT2D eigenvalue weighted by molar-refractivity contribution is -0.132. The Bertz CT molecular complexity index is 871. The van der Waals surface area contributed by atoms with E-state index in [0.29, 0.717) is 12.6 Å². The van der Waals surface area contributed by atoms with Crippen molar-refractivity contribution in [2.75, 3.05) is 38.1 Å². The summed E-state index contributed by atoms with van der Waals surface area (Å²) in [7, 11) is 2.13. The number of carbonyl (C=O) groups is 1. The van der Waals surface area contributed by atoms with Gasteiger partial charge in [-0.05, 0) is 43.5 Å². The van der Waals surface area contributed by atoms with Crippen LogP contribution in [0.4, 0.5) is 5.69 Å². The number of fused-ring (bicyclic) bond motifs is 1. The molecule has 0 bridgehead atoms. The minimum Gasteiger partial charge on any atom is -0.370 e. The van der Waals surface area contributed by atoms with Crippen LogP contribution in [0.2, 0.25) is 0 Å². The van der Waals surface area contributed by atoms with Crippen LogP contribution < -0.4 is 4.90 Å². The Balaban J connectivity index is 1.42. The molecule has 140 valence electrons. The molecule has 1 aromatic carbocycles. The second-order valence-electron chi connectivity index (χ2n) is 7.51. The number of nitrogens with zero attached hydrogens (tertiary/aromatic N) is 5. The largest absolute Gasteiger partial charge is 0.370 e. The molecule has 1 unspecified atom stereocenters. The van der Waals surface area contributed by atoms with Crippen molar-refractivity contribution in [1.29, 1.82) is 5.26 Å². The molecule has 1 aromatic heterocycles. The van der Waals surface area contributed by atoms with Gasteiger partial charge < -0.3 is 9.80 Å². The number of pyridine rings is 1. The van der Waals surface area contributed by atoms with Crippen LogP contribution in [-0.4, -0.2) is 66.0 Å². The van der Waals surface area contributed by atoms with Crippen LogP contribution in [0, 0.1) is 11.3 Å². The summed E-state index contributed by atoms with van der Waals surface area (Å²) >= 11 is 0. The van der Waals surface area contributed by atoms with E-state index in [1.165, 1.54) is 5.69 Å². The maximum absolute atomic E-state index is 12.6. The van der Waals surface area contributed by atoms with Gasteiger partial charge in [-0.3, -0.25) is 14.7 Å². The number of likely N-dealkylation sites (N-methyl/N-ethyl adjacent to an activating group) is 1.